The zero-order valence-electron chi connectivity index (χ0n) is 15.0. The van der Waals surface area contributed by atoms with Gasteiger partial charge in [0, 0.05) is 17.5 Å². The molecule has 26 heavy (non-hydrogen) atoms. The average molecular weight is 352 g/mol. The Morgan fingerprint density at radius 3 is 2.65 bits per heavy atom. The summed E-state index contributed by atoms with van der Waals surface area (Å²) in [4.78, 5) is 23.8. The van der Waals surface area contributed by atoms with Crippen LogP contribution in [0.2, 0.25) is 0 Å². The molecule has 134 valence electrons. The fourth-order valence-corrected chi connectivity index (χ4v) is 2.76. The second-order valence-electron chi connectivity index (χ2n) is 6.14. The highest BCUT2D eigenvalue weighted by Crippen LogP contribution is 2.28. The van der Waals surface area contributed by atoms with E-state index in [-0.39, 0.29) is 6.61 Å². The molecule has 0 aliphatic carbocycles. The maximum absolute atomic E-state index is 12.2. The van der Waals surface area contributed by atoms with Crippen molar-refractivity contribution in [2.45, 2.75) is 27.2 Å². The number of carbonyl (C=O) groups excluding carboxylic acids is 1. The Kier molecular flexibility index (Phi) is 5.07. The molecule has 3 rings (SSSR count). The number of carbonyl (C=O) groups is 1. The molecule has 3 aromatic rings. The topological polar surface area (TPSA) is 65.7 Å². The summed E-state index contributed by atoms with van der Waals surface area (Å²) in [5, 5.41) is 0.831. The van der Waals surface area contributed by atoms with Crippen LogP contribution in [0.4, 0.5) is 0 Å². The zero-order chi connectivity index (χ0) is 18.7. The van der Waals surface area contributed by atoms with Gasteiger partial charge in [0.15, 0.2) is 6.61 Å². The lowest BCUT2D eigenvalue weighted by Crippen LogP contribution is -2.18. The van der Waals surface area contributed by atoms with Gasteiger partial charge in [-0.15, -0.1) is 0 Å². The van der Waals surface area contributed by atoms with Crippen LogP contribution in [0.1, 0.15) is 23.6 Å². The van der Waals surface area contributed by atoms with Crippen LogP contribution < -0.4 is 15.1 Å². The molecule has 0 saturated carbocycles. The first-order chi connectivity index (χ1) is 12.5. The summed E-state index contributed by atoms with van der Waals surface area (Å²) in [5.74, 6) is 0.472. The fraction of sp³-hybridized carbons (Fsp3) is 0.238. The van der Waals surface area contributed by atoms with Crippen LogP contribution >= 0.6 is 0 Å². The smallest absolute Gasteiger partial charge is 0.349 e. The van der Waals surface area contributed by atoms with E-state index in [1.807, 2.05) is 45.0 Å². The van der Waals surface area contributed by atoms with Crippen LogP contribution in [0.15, 0.2) is 51.7 Å². The van der Waals surface area contributed by atoms with Crippen LogP contribution in [0.5, 0.6) is 11.5 Å². The van der Waals surface area contributed by atoms with Gasteiger partial charge in [0.2, 0.25) is 0 Å². The van der Waals surface area contributed by atoms with Crippen LogP contribution in [0.3, 0.4) is 0 Å². The molecule has 0 fully saturated rings. The molecule has 2 aromatic carbocycles. The summed E-state index contributed by atoms with van der Waals surface area (Å²) in [5.41, 5.74) is 2.70. The van der Waals surface area contributed by atoms with Gasteiger partial charge in [-0.3, -0.25) is 0 Å². The summed E-state index contributed by atoms with van der Waals surface area (Å²) >= 11 is 0. The zero-order valence-corrected chi connectivity index (χ0v) is 15.0. The quantitative estimate of drug-likeness (QED) is 0.395. The molecule has 0 spiro atoms. The highest BCUT2D eigenvalue weighted by Gasteiger charge is 2.13. The Morgan fingerprint density at radius 2 is 1.92 bits per heavy atom. The van der Waals surface area contributed by atoms with Gasteiger partial charge in [-0.2, -0.15) is 0 Å². The van der Waals surface area contributed by atoms with E-state index < -0.39 is 11.6 Å². The predicted octanol–water partition coefficient (Wildman–Crippen LogP) is 3.96. The maximum atomic E-state index is 12.2. The van der Waals surface area contributed by atoms with Crippen LogP contribution in [0.25, 0.3) is 11.0 Å². The molecule has 0 N–H and O–H groups in total. The van der Waals surface area contributed by atoms with E-state index in [0.29, 0.717) is 23.5 Å². The van der Waals surface area contributed by atoms with Gasteiger partial charge in [-0.1, -0.05) is 19.1 Å². The van der Waals surface area contributed by atoms with Crippen LogP contribution in [-0.4, -0.2) is 12.6 Å². The predicted molar refractivity (Wildman–Crippen MR) is 98.9 cm³/mol. The molecule has 5 nitrogen and oxygen atoms in total. The molecule has 0 aliphatic heterocycles. The minimum absolute atomic E-state index is 0.206. The fourth-order valence-electron chi connectivity index (χ4n) is 2.76. The van der Waals surface area contributed by atoms with Crippen molar-refractivity contribution in [2.75, 3.05) is 6.61 Å². The molecule has 0 aliphatic rings. The third-order valence-electron chi connectivity index (χ3n) is 4.08. The Bertz CT molecular complexity index is 1020. The third kappa shape index (κ3) is 3.94. The SMILES string of the molecule is CCc1cc2c(C)cc(=O)oc2cc1OC(=O)COc1cccc(C)c1. The first kappa shape index (κ1) is 17.7. The van der Waals surface area contributed by atoms with Crippen molar-refractivity contribution in [3.8, 4) is 11.5 Å². The monoisotopic (exact) mass is 352 g/mol. The van der Waals surface area contributed by atoms with Crippen LogP contribution in [0, 0.1) is 13.8 Å². The van der Waals surface area contributed by atoms with Gasteiger partial charge in [0.05, 0.1) is 0 Å². The van der Waals surface area contributed by atoms with E-state index in [1.165, 1.54) is 6.07 Å². The Labute approximate surface area is 151 Å². The van der Waals surface area contributed by atoms with Gasteiger partial charge >= 0.3 is 11.6 Å². The van der Waals surface area contributed by atoms with E-state index in [1.54, 1.807) is 12.1 Å². The van der Waals surface area contributed by atoms with Crippen molar-refractivity contribution in [3.63, 3.8) is 0 Å². The van der Waals surface area contributed by atoms with Gasteiger partial charge < -0.3 is 13.9 Å². The van der Waals surface area contributed by atoms with E-state index in [9.17, 15) is 9.59 Å². The second-order valence-corrected chi connectivity index (χ2v) is 6.14. The molecular formula is C21H20O5. The van der Waals surface area contributed by atoms with Gasteiger partial charge in [-0.25, -0.2) is 9.59 Å². The molecule has 0 atom stereocenters. The Morgan fingerprint density at radius 1 is 1.12 bits per heavy atom. The van der Waals surface area contributed by atoms with Crippen molar-refractivity contribution < 1.29 is 18.7 Å². The minimum atomic E-state index is -0.518. The highest BCUT2D eigenvalue weighted by molar-refractivity contribution is 5.84. The lowest BCUT2D eigenvalue weighted by molar-refractivity contribution is -0.136. The van der Waals surface area contributed by atoms with Gasteiger partial charge in [0.25, 0.3) is 0 Å². The molecule has 0 bridgehead atoms. The lowest BCUT2D eigenvalue weighted by atomic mass is 10.1. The molecule has 0 radical (unpaired) electrons. The molecule has 5 heteroatoms. The molecule has 0 amide bonds. The summed E-state index contributed by atoms with van der Waals surface area (Å²) < 4.78 is 16.2. The number of aryl methyl sites for hydroxylation is 3. The number of esters is 1. The van der Waals surface area contributed by atoms with Gasteiger partial charge in [-0.05, 0) is 55.2 Å². The second kappa shape index (κ2) is 7.44. The van der Waals surface area contributed by atoms with Crippen molar-refractivity contribution in [3.05, 3.63) is 69.6 Å². The van der Waals surface area contributed by atoms with Crippen molar-refractivity contribution in [2.24, 2.45) is 0 Å². The highest BCUT2D eigenvalue weighted by atomic mass is 16.6. The first-order valence-corrected chi connectivity index (χ1v) is 8.44. The van der Waals surface area contributed by atoms with E-state index in [4.69, 9.17) is 13.9 Å². The normalized spacial score (nSPS) is 10.7. The Hall–Kier alpha value is -3.08. The number of hydrogen-bond donors (Lipinski definition) is 0. The number of rotatable bonds is 5. The van der Waals surface area contributed by atoms with E-state index in [0.717, 1.165) is 22.1 Å². The van der Waals surface area contributed by atoms with Gasteiger partial charge in [0.1, 0.15) is 17.1 Å². The number of fused-ring (bicyclic) bond motifs is 1. The lowest BCUT2D eigenvalue weighted by Gasteiger charge is -2.12. The molecule has 1 heterocycles. The van der Waals surface area contributed by atoms with Crippen molar-refractivity contribution in [1.29, 1.82) is 0 Å². The summed E-state index contributed by atoms with van der Waals surface area (Å²) in [6.45, 7) is 5.56. The van der Waals surface area contributed by atoms with Crippen LogP contribution in [-0.2, 0) is 11.2 Å². The molecule has 0 unspecified atom stereocenters. The molecule has 0 saturated heterocycles. The summed E-state index contributed by atoms with van der Waals surface area (Å²) in [6, 6.07) is 12.4. The Balaban J connectivity index is 1.80. The standard InChI is InChI=1S/C21H20O5/c1-4-15-10-17-14(3)9-20(22)26-19(17)11-18(15)25-21(23)12-24-16-7-5-6-13(2)8-16/h5-11H,4,12H2,1-3H3. The number of hydrogen-bond acceptors (Lipinski definition) is 5. The summed E-state index contributed by atoms with van der Waals surface area (Å²) in [7, 11) is 0. The van der Waals surface area contributed by atoms with E-state index >= 15 is 0 Å². The van der Waals surface area contributed by atoms with E-state index in [2.05, 4.69) is 0 Å². The van der Waals surface area contributed by atoms with Crippen molar-refractivity contribution >= 4 is 16.9 Å². The first-order valence-electron chi connectivity index (χ1n) is 8.44. The minimum Gasteiger partial charge on any atom is -0.482 e. The largest absolute Gasteiger partial charge is 0.482 e. The molecule has 1 aromatic heterocycles. The van der Waals surface area contributed by atoms with Crippen molar-refractivity contribution in [1.82, 2.24) is 0 Å². The maximum Gasteiger partial charge on any atom is 0.349 e. The third-order valence-corrected chi connectivity index (χ3v) is 4.08. The number of ether oxygens (including phenoxy) is 2. The molecular weight excluding hydrogens is 332 g/mol. The number of benzene rings is 2. The summed E-state index contributed by atoms with van der Waals surface area (Å²) in [6.07, 6.45) is 0.676. The average Bonchev–Trinajstić information content (AvgIpc) is 2.59.